The number of nitrogens with two attached hydrogens (primary N) is 1. The van der Waals surface area contributed by atoms with Gasteiger partial charge in [0, 0.05) is 42.3 Å². The number of hydrogen-bond donors (Lipinski definition) is 9. The van der Waals surface area contributed by atoms with Gasteiger partial charge in [0.15, 0.2) is 0 Å². The molecule has 3 aliphatic rings. The van der Waals surface area contributed by atoms with Crippen molar-refractivity contribution in [2.45, 2.75) is 135 Å². The molecule has 1 fully saturated rings. The third-order valence-corrected chi connectivity index (χ3v) is 18.1. The van der Waals surface area contributed by atoms with Crippen molar-refractivity contribution in [1.29, 1.82) is 0 Å². The molecule has 0 unspecified atom stereocenters. The van der Waals surface area contributed by atoms with E-state index in [1.54, 1.807) is 35.0 Å². The van der Waals surface area contributed by atoms with E-state index in [2.05, 4.69) is 31.2 Å². The highest BCUT2D eigenvalue weighted by molar-refractivity contribution is 7.70. The predicted molar refractivity (Wildman–Crippen MR) is 322 cm³/mol. The maximum Gasteiger partial charge on any atom is 0.396 e. The fraction of sp³-hybridized carbons (Fsp3) is 0.393. The summed E-state index contributed by atoms with van der Waals surface area (Å²) < 4.78 is 17.6. The van der Waals surface area contributed by atoms with Crippen LogP contribution in [0.1, 0.15) is 121 Å². The molecule has 22 nitrogen and oxygen atoms in total. The van der Waals surface area contributed by atoms with Gasteiger partial charge in [0.1, 0.15) is 48.3 Å². The average Bonchev–Trinajstić information content (AvgIpc) is 1.81. The number of rotatable bonds is 22. The normalized spacial score (nSPS) is 18.6. The number of unbranched alkanes of at least 4 members (excludes halogenated alkanes) is 2. The molecule has 0 aliphatic carbocycles. The number of β-amino-alcohol motifs (C(OH)–C–C–N with tert-alkyl or cyclic N) is 1. The lowest BCUT2D eigenvalue weighted by molar-refractivity contribution is -0.144. The molecule has 1 saturated heterocycles. The van der Waals surface area contributed by atoms with Gasteiger partial charge in [-0.25, -0.2) is 4.98 Å². The topological polar surface area (TPSA) is 333 Å². The molecule has 9 rings (SSSR count). The highest BCUT2D eigenvalue weighted by atomic mass is 35.5. The molecule has 86 heavy (non-hydrogen) atoms. The summed E-state index contributed by atoms with van der Waals surface area (Å²) in [5, 5.41) is 22.7. The van der Waals surface area contributed by atoms with Gasteiger partial charge in [-0.2, -0.15) is 0 Å². The number of aryl methyl sites for hydroxylation is 3. The first-order chi connectivity index (χ1) is 40.8. The minimum atomic E-state index is -5.07. The highest BCUT2D eigenvalue weighted by Gasteiger charge is 2.47. The molecule has 7 amide bonds. The molecule has 0 bridgehead atoms. The quantitative estimate of drug-likeness (QED) is 0.0274. The summed E-state index contributed by atoms with van der Waals surface area (Å²) in [6.07, 6.45) is 2.11. The summed E-state index contributed by atoms with van der Waals surface area (Å²) in [7, 11) is -5.07. The van der Waals surface area contributed by atoms with Crippen LogP contribution in [0.3, 0.4) is 0 Å². The molecule has 25 heteroatoms. The van der Waals surface area contributed by atoms with Gasteiger partial charge in [-0.3, -0.25) is 47.8 Å². The number of aliphatic hydroxyl groups excluding tert-OH is 1. The van der Waals surface area contributed by atoms with E-state index in [0.29, 0.717) is 54.3 Å². The summed E-state index contributed by atoms with van der Waals surface area (Å²) >= 11 is 8.40. The lowest BCUT2D eigenvalue weighted by Gasteiger charge is -2.35. The summed E-state index contributed by atoms with van der Waals surface area (Å²) in [6, 6.07) is 17.8. The number of carbonyl (C=O) groups is 8. The molecule has 0 spiro atoms. The van der Waals surface area contributed by atoms with Crippen LogP contribution in [0, 0.1) is 12.3 Å². The van der Waals surface area contributed by atoms with E-state index in [9.17, 15) is 57.8 Å². The van der Waals surface area contributed by atoms with Crippen LogP contribution >= 0.6 is 30.5 Å². The zero-order chi connectivity index (χ0) is 61.9. The number of para-hydroxylation sites is 1. The number of ether oxygens (including phenoxy) is 1. The van der Waals surface area contributed by atoms with Gasteiger partial charge in [-0.1, -0.05) is 93.4 Å². The Morgan fingerprint density at radius 1 is 0.919 bits per heavy atom. The first kappa shape index (κ1) is 62.7. The number of halogens is 1. The van der Waals surface area contributed by atoms with E-state index < -0.39 is 96.9 Å². The number of H-pyrrole nitrogens is 1. The number of benzene rings is 4. The van der Waals surface area contributed by atoms with Gasteiger partial charge in [0.25, 0.3) is 11.4 Å². The number of thiazole rings is 1. The zero-order valence-corrected chi connectivity index (χ0v) is 50.5. The number of carbonyl (C=O) groups excluding carboxylic acids is 8. The van der Waals surface area contributed by atoms with Crippen molar-refractivity contribution in [3.8, 4) is 16.2 Å². The number of nitrogens with one attached hydrogen (secondary N) is 5. The third kappa shape index (κ3) is 14.0. The number of amides is 7. The number of aromatic amines is 1. The van der Waals surface area contributed by atoms with Crippen molar-refractivity contribution in [2.24, 2.45) is 11.1 Å². The third-order valence-electron chi connectivity index (χ3n) is 15.9. The second-order valence-electron chi connectivity index (χ2n) is 23.2. The first-order valence-corrected chi connectivity index (χ1v) is 31.2. The van der Waals surface area contributed by atoms with E-state index in [0.717, 1.165) is 32.8 Å². The maximum absolute atomic E-state index is 14.5. The van der Waals surface area contributed by atoms with Crippen LogP contribution in [0.5, 0.6) is 5.75 Å². The SMILES string of the molecule is Cc1ncsc1-c1ccc([C@H](C)NC(=O)[C@@H]2C[C@@H](O)CN2C(=O)[C@@H](NC(=O)CCCCCc2cccc(OC[C@@H](NC(=O)[C@@H]3Cc4cccc5c4N3C(=O)[C@@H](NC(=O)c3cc4cc(C(=O)P(=O)(O)O)ccc4[nH]3)CC5)C(N)=O)c2Cl)C(C)(C)C)cc1. The van der Waals surface area contributed by atoms with Gasteiger partial charge in [0.2, 0.25) is 35.4 Å². The predicted octanol–water partition coefficient (Wildman–Crippen LogP) is 6.10. The van der Waals surface area contributed by atoms with Gasteiger partial charge in [0.05, 0.1) is 38.9 Å². The second kappa shape index (κ2) is 26.0. The highest BCUT2D eigenvalue weighted by Crippen LogP contribution is 2.41. The molecule has 3 aliphatic heterocycles. The first-order valence-electron chi connectivity index (χ1n) is 28.3. The smallest absolute Gasteiger partial charge is 0.396 e. The number of nitrogens with zero attached hydrogens (tertiary/aromatic N) is 3. The van der Waals surface area contributed by atoms with Crippen molar-refractivity contribution in [3.05, 3.63) is 135 Å². The maximum atomic E-state index is 14.5. The number of hydrogen-bond acceptors (Lipinski definition) is 13. The Labute approximate surface area is 505 Å². The fourth-order valence-electron chi connectivity index (χ4n) is 11.3. The lowest BCUT2D eigenvalue weighted by atomic mass is 9.85. The van der Waals surface area contributed by atoms with Crippen LogP contribution in [-0.4, -0.2) is 126 Å². The molecule has 6 aromatic rings. The molecule has 5 heterocycles. The number of anilines is 1. The van der Waals surface area contributed by atoms with E-state index in [1.165, 1.54) is 34.1 Å². The van der Waals surface area contributed by atoms with Crippen LogP contribution < -0.4 is 36.6 Å². The van der Waals surface area contributed by atoms with Crippen LogP contribution in [0.4, 0.5) is 5.69 Å². The Hall–Kier alpha value is -7.79. The molecule has 7 atom stereocenters. The summed E-state index contributed by atoms with van der Waals surface area (Å²) in [5.74, 6) is -3.84. The Bertz CT molecular complexity index is 3670. The molecule has 0 saturated carbocycles. The van der Waals surface area contributed by atoms with E-state index >= 15 is 0 Å². The number of fused-ring (bicyclic) bond motifs is 1. The van der Waals surface area contributed by atoms with Crippen LogP contribution in [-0.2, 0) is 52.6 Å². The van der Waals surface area contributed by atoms with Gasteiger partial charge in [-0.05, 0) is 110 Å². The Morgan fingerprint density at radius 2 is 1.64 bits per heavy atom. The van der Waals surface area contributed by atoms with Crippen molar-refractivity contribution in [1.82, 2.24) is 36.1 Å². The van der Waals surface area contributed by atoms with E-state index in [1.807, 2.05) is 77.1 Å². The molecule has 10 N–H and O–H groups in total. The van der Waals surface area contributed by atoms with Crippen molar-refractivity contribution >= 4 is 94.0 Å². The number of primary amides is 1. The molecule has 2 aromatic heterocycles. The van der Waals surface area contributed by atoms with Crippen molar-refractivity contribution in [3.63, 3.8) is 0 Å². The summed E-state index contributed by atoms with van der Waals surface area (Å²) in [5.41, 5.74) is 11.2. The number of likely N-dealkylation sites (tertiary alicyclic amines) is 1. The molecule has 0 radical (unpaired) electrons. The van der Waals surface area contributed by atoms with Crippen LogP contribution in [0.15, 0.2) is 90.4 Å². The van der Waals surface area contributed by atoms with E-state index in [4.69, 9.17) is 22.1 Å². The largest absolute Gasteiger partial charge is 0.489 e. The number of aromatic nitrogens is 2. The fourth-order valence-corrected chi connectivity index (χ4v) is 12.9. The summed E-state index contributed by atoms with van der Waals surface area (Å²) in [6.45, 7) is 8.83. The molecular weight excluding hydrogens is 1170 g/mol. The van der Waals surface area contributed by atoms with Gasteiger partial charge < -0.3 is 56.5 Å². The summed E-state index contributed by atoms with van der Waals surface area (Å²) in [4.78, 5) is 139. The molecule has 4 aromatic carbocycles. The molecule has 454 valence electrons. The Morgan fingerprint density at radius 3 is 2.34 bits per heavy atom. The van der Waals surface area contributed by atoms with Gasteiger partial charge >= 0.3 is 7.60 Å². The van der Waals surface area contributed by atoms with Crippen LogP contribution in [0.2, 0.25) is 5.02 Å². The Balaban J connectivity index is 0.756. The standard InChI is InChI=1S/C61H69ClN9O13PS/c1-32(34-17-19-37(20-18-34)52-33(2)64-31-86-52)65-56(76)46-28-41(72)29-70(46)59(79)53(61(3,4)5)69-49(73)16-8-6-7-11-35-12-10-15-48(50(35)62)84-30-45(54(63)74)68-57(77)47-27-38-14-9-13-36-21-24-43(58(78)71(47)51(36)38)67-55(75)44-26-40-25-39(22-23-42(40)66-44)60(80)85(81,82)83/h9-10,12-15,17-20,22-23,25-26,31-32,41,43,45-47,53,66,72H,6-8,11,16,21,24,27-30H2,1-5H3,(H2,63,74)(H,65,76)(H,67,75)(H,68,77)(H,69,73)(H2,81,82,83)/t32-,41+,43-,45+,46-,47-,53+/m0/s1. The van der Waals surface area contributed by atoms with Crippen molar-refractivity contribution in [2.75, 3.05) is 18.1 Å². The monoisotopic (exact) mass is 1230 g/mol. The zero-order valence-electron chi connectivity index (χ0n) is 48.1. The van der Waals surface area contributed by atoms with Crippen molar-refractivity contribution < 1.29 is 62.6 Å². The van der Waals surface area contributed by atoms with E-state index in [-0.39, 0.29) is 66.2 Å². The Kier molecular flexibility index (Phi) is 19.0. The average molecular weight is 1230 g/mol. The molecular formula is C61H69ClN9O13PS. The second-order valence-corrected chi connectivity index (χ2v) is 25.9. The minimum absolute atomic E-state index is 0.00834. The van der Waals surface area contributed by atoms with Crippen LogP contribution in [0.25, 0.3) is 21.3 Å². The lowest BCUT2D eigenvalue weighted by Crippen LogP contribution is -2.57. The number of aliphatic hydroxyl groups is 1. The minimum Gasteiger partial charge on any atom is -0.489 e. The van der Waals surface area contributed by atoms with Gasteiger partial charge in [-0.15, -0.1) is 11.3 Å².